The standard InChI is InChI=1S/C13H19N5/c14-13-16-11(8-1-2-8)3-12(17-13)18-6-9-4-15-5-10(9)7-18/h3,8-10,15H,1-2,4-7H2,(H2,14,16,17)/t9-,10+. The molecule has 3 fully saturated rings. The monoisotopic (exact) mass is 245 g/mol. The van der Waals surface area contributed by atoms with Crippen LogP contribution in [0.5, 0.6) is 0 Å². The third kappa shape index (κ3) is 1.73. The summed E-state index contributed by atoms with van der Waals surface area (Å²) in [6.07, 6.45) is 2.51. The molecule has 18 heavy (non-hydrogen) atoms. The Balaban J connectivity index is 1.60. The maximum atomic E-state index is 5.85. The largest absolute Gasteiger partial charge is 0.368 e. The highest BCUT2D eigenvalue weighted by Gasteiger charge is 2.37. The molecule has 1 saturated carbocycles. The molecule has 4 rings (SSSR count). The number of rotatable bonds is 2. The molecule has 0 radical (unpaired) electrons. The molecule has 1 aromatic rings. The number of nitrogens with one attached hydrogen (secondary N) is 1. The summed E-state index contributed by atoms with van der Waals surface area (Å²) in [4.78, 5) is 11.2. The summed E-state index contributed by atoms with van der Waals surface area (Å²) in [6.45, 7) is 4.52. The lowest BCUT2D eigenvalue weighted by atomic mass is 10.0. The molecule has 2 atom stereocenters. The zero-order valence-corrected chi connectivity index (χ0v) is 10.5. The van der Waals surface area contributed by atoms with Gasteiger partial charge >= 0.3 is 0 Å². The van der Waals surface area contributed by atoms with Crippen LogP contribution in [-0.2, 0) is 0 Å². The normalized spacial score (nSPS) is 30.8. The van der Waals surface area contributed by atoms with E-state index in [2.05, 4.69) is 26.3 Å². The van der Waals surface area contributed by atoms with Gasteiger partial charge in [0.2, 0.25) is 5.95 Å². The number of nitrogens with two attached hydrogens (primary N) is 1. The van der Waals surface area contributed by atoms with Crippen LogP contribution in [0, 0.1) is 11.8 Å². The number of fused-ring (bicyclic) bond motifs is 1. The summed E-state index contributed by atoms with van der Waals surface area (Å²) >= 11 is 0. The summed E-state index contributed by atoms with van der Waals surface area (Å²) in [5.41, 5.74) is 6.99. The van der Waals surface area contributed by atoms with Crippen LogP contribution in [0.3, 0.4) is 0 Å². The number of nitrogen functional groups attached to an aromatic ring is 1. The van der Waals surface area contributed by atoms with Gasteiger partial charge in [-0.1, -0.05) is 0 Å². The molecule has 0 aromatic carbocycles. The Morgan fingerprint density at radius 2 is 1.89 bits per heavy atom. The first-order chi connectivity index (χ1) is 8.79. The molecule has 1 aromatic heterocycles. The van der Waals surface area contributed by atoms with Gasteiger partial charge in [0.15, 0.2) is 0 Å². The molecule has 0 unspecified atom stereocenters. The fourth-order valence-corrected chi connectivity index (χ4v) is 3.26. The van der Waals surface area contributed by atoms with E-state index in [9.17, 15) is 0 Å². The van der Waals surface area contributed by atoms with Crippen LogP contribution in [0.15, 0.2) is 6.07 Å². The molecule has 5 heteroatoms. The summed E-state index contributed by atoms with van der Waals surface area (Å²) < 4.78 is 0. The van der Waals surface area contributed by atoms with Crippen molar-refractivity contribution < 1.29 is 0 Å². The lowest BCUT2D eigenvalue weighted by molar-refractivity contribution is 0.533. The number of anilines is 2. The van der Waals surface area contributed by atoms with Gasteiger partial charge in [0.25, 0.3) is 0 Å². The van der Waals surface area contributed by atoms with Crippen LogP contribution in [-0.4, -0.2) is 36.1 Å². The van der Waals surface area contributed by atoms with Crippen molar-refractivity contribution in [3.8, 4) is 0 Å². The first kappa shape index (κ1) is 10.6. The molecule has 0 amide bonds. The molecule has 0 spiro atoms. The zero-order valence-electron chi connectivity index (χ0n) is 10.5. The van der Waals surface area contributed by atoms with Gasteiger partial charge in [0.05, 0.1) is 5.69 Å². The van der Waals surface area contributed by atoms with E-state index in [1.807, 2.05) is 0 Å². The summed E-state index contributed by atoms with van der Waals surface area (Å²) in [5.74, 6) is 3.68. The average molecular weight is 245 g/mol. The Kier molecular flexibility index (Phi) is 2.24. The lowest BCUT2D eigenvalue weighted by Gasteiger charge is -2.19. The van der Waals surface area contributed by atoms with Crippen molar-refractivity contribution in [2.45, 2.75) is 18.8 Å². The predicted octanol–water partition coefficient (Wildman–Crippen LogP) is 0.592. The number of nitrogens with zero attached hydrogens (tertiary/aromatic N) is 3. The summed E-state index contributed by atoms with van der Waals surface area (Å²) in [7, 11) is 0. The minimum absolute atomic E-state index is 0.435. The molecule has 1 aliphatic carbocycles. The SMILES string of the molecule is Nc1nc(C2CC2)cc(N2C[C@H]3CNC[C@H]3C2)n1. The quantitative estimate of drug-likeness (QED) is 0.798. The third-order valence-corrected chi connectivity index (χ3v) is 4.46. The van der Waals surface area contributed by atoms with Crippen molar-refractivity contribution in [2.24, 2.45) is 11.8 Å². The first-order valence-electron chi connectivity index (χ1n) is 6.90. The number of hydrogen-bond donors (Lipinski definition) is 2. The maximum Gasteiger partial charge on any atom is 0.222 e. The topological polar surface area (TPSA) is 67.1 Å². The highest BCUT2D eigenvalue weighted by molar-refractivity contribution is 5.46. The van der Waals surface area contributed by atoms with Crippen molar-refractivity contribution in [3.05, 3.63) is 11.8 Å². The highest BCUT2D eigenvalue weighted by Crippen LogP contribution is 2.40. The van der Waals surface area contributed by atoms with E-state index >= 15 is 0 Å². The predicted molar refractivity (Wildman–Crippen MR) is 70.5 cm³/mol. The Morgan fingerprint density at radius 1 is 1.17 bits per heavy atom. The van der Waals surface area contributed by atoms with E-state index in [4.69, 9.17) is 5.73 Å². The Bertz CT molecular complexity index is 458. The molecule has 5 nitrogen and oxygen atoms in total. The highest BCUT2D eigenvalue weighted by atomic mass is 15.2. The van der Waals surface area contributed by atoms with Crippen LogP contribution >= 0.6 is 0 Å². The van der Waals surface area contributed by atoms with Gasteiger partial charge < -0.3 is 16.0 Å². The molecular formula is C13H19N5. The second kappa shape index (κ2) is 3.82. The maximum absolute atomic E-state index is 5.85. The van der Waals surface area contributed by atoms with Crippen molar-refractivity contribution in [1.82, 2.24) is 15.3 Å². The smallest absolute Gasteiger partial charge is 0.222 e. The number of aromatic nitrogens is 2. The zero-order chi connectivity index (χ0) is 12.1. The fraction of sp³-hybridized carbons (Fsp3) is 0.692. The number of hydrogen-bond acceptors (Lipinski definition) is 5. The molecule has 96 valence electrons. The average Bonchev–Trinajstić information content (AvgIpc) is 2.97. The van der Waals surface area contributed by atoms with E-state index < -0.39 is 0 Å². The van der Waals surface area contributed by atoms with E-state index in [1.54, 1.807) is 0 Å². The summed E-state index contributed by atoms with van der Waals surface area (Å²) in [6, 6.07) is 2.16. The van der Waals surface area contributed by atoms with E-state index in [1.165, 1.54) is 12.8 Å². The van der Waals surface area contributed by atoms with Gasteiger partial charge in [-0.25, -0.2) is 4.98 Å². The first-order valence-corrected chi connectivity index (χ1v) is 6.90. The van der Waals surface area contributed by atoms with Crippen molar-refractivity contribution in [2.75, 3.05) is 36.8 Å². The molecule has 2 saturated heterocycles. The third-order valence-electron chi connectivity index (χ3n) is 4.46. The Labute approximate surface area is 107 Å². The molecule has 3 heterocycles. The Hall–Kier alpha value is -1.36. The fourth-order valence-electron chi connectivity index (χ4n) is 3.26. The van der Waals surface area contributed by atoms with Crippen molar-refractivity contribution >= 4 is 11.8 Å². The van der Waals surface area contributed by atoms with Gasteiger partial charge in [-0.2, -0.15) is 4.98 Å². The van der Waals surface area contributed by atoms with Gasteiger partial charge in [-0.05, 0) is 24.7 Å². The van der Waals surface area contributed by atoms with Gasteiger partial charge in [0, 0.05) is 38.2 Å². The van der Waals surface area contributed by atoms with Crippen LogP contribution in [0.4, 0.5) is 11.8 Å². The van der Waals surface area contributed by atoms with Gasteiger partial charge in [-0.3, -0.25) is 0 Å². The molecule has 2 aliphatic heterocycles. The van der Waals surface area contributed by atoms with Crippen molar-refractivity contribution in [1.29, 1.82) is 0 Å². The second-order valence-corrected chi connectivity index (χ2v) is 5.87. The molecule has 3 aliphatic rings. The van der Waals surface area contributed by atoms with Crippen LogP contribution < -0.4 is 16.0 Å². The minimum atomic E-state index is 0.435. The lowest BCUT2D eigenvalue weighted by Crippen LogP contribution is -2.26. The second-order valence-electron chi connectivity index (χ2n) is 5.87. The van der Waals surface area contributed by atoms with Gasteiger partial charge in [-0.15, -0.1) is 0 Å². The molecule has 0 bridgehead atoms. The van der Waals surface area contributed by atoms with E-state index in [0.29, 0.717) is 11.9 Å². The van der Waals surface area contributed by atoms with E-state index in [0.717, 1.165) is 49.5 Å². The van der Waals surface area contributed by atoms with E-state index in [-0.39, 0.29) is 0 Å². The molecular weight excluding hydrogens is 226 g/mol. The Morgan fingerprint density at radius 3 is 2.56 bits per heavy atom. The van der Waals surface area contributed by atoms with Crippen LogP contribution in [0.2, 0.25) is 0 Å². The van der Waals surface area contributed by atoms with Gasteiger partial charge in [0.1, 0.15) is 5.82 Å². The van der Waals surface area contributed by atoms with Crippen LogP contribution in [0.1, 0.15) is 24.5 Å². The van der Waals surface area contributed by atoms with Crippen LogP contribution in [0.25, 0.3) is 0 Å². The van der Waals surface area contributed by atoms with Crippen molar-refractivity contribution in [3.63, 3.8) is 0 Å². The summed E-state index contributed by atoms with van der Waals surface area (Å²) in [5, 5.41) is 3.46. The molecule has 3 N–H and O–H groups in total. The minimum Gasteiger partial charge on any atom is -0.368 e.